The first-order chi connectivity index (χ1) is 10.2. The highest BCUT2D eigenvalue weighted by atomic mass is 16.5. The van der Waals surface area contributed by atoms with Crippen molar-refractivity contribution >= 4 is 17.6 Å². The monoisotopic (exact) mass is 294 g/mol. The van der Waals surface area contributed by atoms with Crippen molar-refractivity contribution in [3.8, 4) is 5.75 Å². The van der Waals surface area contributed by atoms with Crippen molar-refractivity contribution in [3.63, 3.8) is 0 Å². The number of nitrogens with zero attached hydrogens (tertiary/aromatic N) is 1. The molecule has 0 saturated heterocycles. The van der Waals surface area contributed by atoms with Gasteiger partial charge in [0.2, 0.25) is 0 Å². The maximum absolute atomic E-state index is 12.2. The number of hydrogen-bond acceptors (Lipinski definition) is 6. The zero-order chi connectivity index (χ0) is 15.1. The maximum Gasteiger partial charge on any atom is 0.308 e. The lowest BCUT2D eigenvalue weighted by molar-refractivity contribution is -0.147. The van der Waals surface area contributed by atoms with Crippen molar-refractivity contribution in [2.75, 3.05) is 25.6 Å². The van der Waals surface area contributed by atoms with Crippen LogP contribution in [0.25, 0.3) is 0 Å². The second-order valence-electron chi connectivity index (χ2n) is 4.56. The SMILES string of the molecule is COC(=O)CC1OCCCCOc2ccncc2NC1=O. The van der Waals surface area contributed by atoms with E-state index in [2.05, 4.69) is 15.0 Å². The van der Waals surface area contributed by atoms with Crippen molar-refractivity contribution in [2.45, 2.75) is 25.4 Å². The second-order valence-corrected chi connectivity index (χ2v) is 4.56. The van der Waals surface area contributed by atoms with Gasteiger partial charge in [-0.1, -0.05) is 0 Å². The summed E-state index contributed by atoms with van der Waals surface area (Å²) in [7, 11) is 1.28. The molecule has 0 saturated carbocycles. The number of carbonyl (C=O) groups excluding carboxylic acids is 2. The molecule has 0 radical (unpaired) electrons. The number of methoxy groups -OCH3 is 1. The molecule has 0 spiro atoms. The number of ether oxygens (including phenoxy) is 3. The summed E-state index contributed by atoms with van der Waals surface area (Å²) in [5.74, 6) is -0.357. The molecular formula is C14H18N2O5. The fourth-order valence-corrected chi connectivity index (χ4v) is 1.89. The number of aromatic nitrogens is 1. The van der Waals surface area contributed by atoms with Gasteiger partial charge in [0, 0.05) is 18.9 Å². The molecule has 0 aliphatic carbocycles. The molecule has 21 heavy (non-hydrogen) atoms. The molecule has 2 heterocycles. The lowest BCUT2D eigenvalue weighted by atomic mass is 10.2. The minimum absolute atomic E-state index is 0.126. The molecule has 1 aromatic heterocycles. The number of pyridine rings is 1. The smallest absolute Gasteiger partial charge is 0.308 e. The minimum Gasteiger partial charge on any atom is -0.491 e. The summed E-state index contributed by atoms with van der Waals surface area (Å²) < 4.78 is 15.7. The molecule has 1 atom stereocenters. The van der Waals surface area contributed by atoms with Crippen molar-refractivity contribution in [1.29, 1.82) is 0 Å². The van der Waals surface area contributed by atoms with E-state index < -0.39 is 18.0 Å². The third kappa shape index (κ3) is 4.42. The van der Waals surface area contributed by atoms with E-state index in [4.69, 9.17) is 9.47 Å². The Kier molecular flexibility index (Phi) is 5.51. The molecule has 1 aromatic rings. The van der Waals surface area contributed by atoms with E-state index in [1.165, 1.54) is 13.3 Å². The Morgan fingerprint density at radius 2 is 2.29 bits per heavy atom. The van der Waals surface area contributed by atoms with Crippen LogP contribution in [0.4, 0.5) is 5.69 Å². The van der Waals surface area contributed by atoms with E-state index in [0.29, 0.717) is 24.7 Å². The van der Waals surface area contributed by atoms with Gasteiger partial charge in [0.15, 0.2) is 0 Å². The predicted octanol–water partition coefficient (Wildman–Crippen LogP) is 1.14. The summed E-state index contributed by atoms with van der Waals surface area (Å²) in [6, 6.07) is 1.68. The van der Waals surface area contributed by atoms with Crippen LogP contribution in [0.15, 0.2) is 18.5 Å². The van der Waals surface area contributed by atoms with Crippen LogP contribution in [0.2, 0.25) is 0 Å². The summed E-state index contributed by atoms with van der Waals surface area (Å²) >= 11 is 0. The van der Waals surface area contributed by atoms with Crippen LogP contribution in [0.1, 0.15) is 19.3 Å². The zero-order valence-corrected chi connectivity index (χ0v) is 11.8. The first kappa shape index (κ1) is 15.2. The number of amides is 1. The van der Waals surface area contributed by atoms with Gasteiger partial charge in [-0.25, -0.2) is 0 Å². The van der Waals surface area contributed by atoms with Gasteiger partial charge in [0.25, 0.3) is 5.91 Å². The fourth-order valence-electron chi connectivity index (χ4n) is 1.89. The van der Waals surface area contributed by atoms with Gasteiger partial charge in [-0.3, -0.25) is 14.6 Å². The Labute approximate surface area is 122 Å². The minimum atomic E-state index is -0.886. The molecule has 1 aliphatic heterocycles. The van der Waals surface area contributed by atoms with E-state index in [1.54, 1.807) is 12.3 Å². The van der Waals surface area contributed by atoms with Gasteiger partial charge in [0.05, 0.1) is 26.3 Å². The van der Waals surface area contributed by atoms with E-state index >= 15 is 0 Å². The van der Waals surface area contributed by atoms with Crippen molar-refractivity contribution in [3.05, 3.63) is 18.5 Å². The molecule has 114 valence electrons. The Balaban J connectivity index is 2.16. The average molecular weight is 294 g/mol. The van der Waals surface area contributed by atoms with E-state index in [1.807, 2.05) is 0 Å². The Bertz CT molecular complexity index is 506. The first-order valence-electron chi connectivity index (χ1n) is 6.77. The lowest BCUT2D eigenvalue weighted by Gasteiger charge is -2.16. The Morgan fingerprint density at radius 1 is 1.48 bits per heavy atom. The number of rotatable bonds is 2. The fraction of sp³-hybridized carbons (Fsp3) is 0.500. The van der Waals surface area contributed by atoms with Gasteiger partial charge in [-0.2, -0.15) is 0 Å². The molecule has 2 rings (SSSR count). The highest BCUT2D eigenvalue weighted by Gasteiger charge is 2.24. The van der Waals surface area contributed by atoms with Gasteiger partial charge in [-0.05, 0) is 12.8 Å². The highest BCUT2D eigenvalue weighted by Crippen LogP contribution is 2.24. The van der Waals surface area contributed by atoms with Crippen LogP contribution in [0.3, 0.4) is 0 Å². The van der Waals surface area contributed by atoms with Gasteiger partial charge < -0.3 is 19.5 Å². The highest BCUT2D eigenvalue weighted by molar-refractivity contribution is 5.97. The summed E-state index contributed by atoms with van der Waals surface area (Å²) in [4.78, 5) is 27.6. The summed E-state index contributed by atoms with van der Waals surface area (Å²) in [5, 5.41) is 2.68. The summed E-state index contributed by atoms with van der Waals surface area (Å²) in [5.41, 5.74) is 0.461. The molecular weight excluding hydrogens is 276 g/mol. The zero-order valence-electron chi connectivity index (χ0n) is 11.8. The van der Waals surface area contributed by atoms with Crippen molar-refractivity contribution in [1.82, 2.24) is 4.98 Å². The second kappa shape index (κ2) is 7.58. The lowest BCUT2D eigenvalue weighted by Crippen LogP contribution is -2.33. The molecule has 0 aromatic carbocycles. The molecule has 1 aliphatic rings. The number of esters is 1. The predicted molar refractivity (Wildman–Crippen MR) is 74.0 cm³/mol. The number of fused-ring (bicyclic) bond motifs is 1. The largest absolute Gasteiger partial charge is 0.491 e. The molecule has 1 amide bonds. The molecule has 7 nitrogen and oxygen atoms in total. The van der Waals surface area contributed by atoms with E-state index in [9.17, 15) is 9.59 Å². The van der Waals surface area contributed by atoms with Crippen LogP contribution < -0.4 is 10.1 Å². The normalized spacial score (nSPS) is 19.5. The number of anilines is 1. The first-order valence-corrected chi connectivity index (χ1v) is 6.77. The molecule has 1 unspecified atom stereocenters. The quantitative estimate of drug-likeness (QED) is 0.823. The third-order valence-electron chi connectivity index (χ3n) is 3.03. The number of hydrogen-bond donors (Lipinski definition) is 1. The molecule has 1 N–H and O–H groups in total. The topological polar surface area (TPSA) is 86.8 Å². The number of carbonyl (C=O) groups is 2. The number of nitrogens with one attached hydrogen (secondary N) is 1. The van der Waals surface area contributed by atoms with Crippen LogP contribution >= 0.6 is 0 Å². The average Bonchev–Trinajstić information content (AvgIpc) is 2.52. The summed E-state index contributed by atoms with van der Waals surface area (Å²) in [6.07, 6.45) is 3.61. The van der Waals surface area contributed by atoms with Crippen LogP contribution in [0, 0.1) is 0 Å². The standard InChI is InChI=1S/C14H18N2O5/c1-19-13(17)8-12-14(18)16-10-9-15-5-4-11(10)20-6-2-3-7-21-12/h4-5,9,12H,2-3,6-8H2,1H3,(H,16,18). The molecule has 0 fully saturated rings. The van der Waals surface area contributed by atoms with Crippen LogP contribution in [-0.4, -0.2) is 43.3 Å². The molecule has 0 bridgehead atoms. The Morgan fingerprint density at radius 3 is 3.10 bits per heavy atom. The van der Waals surface area contributed by atoms with Crippen molar-refractivity contribution in [2.24, 2.45) is 0 Å². The summed E-state index contributed by atoms with van der Waals surface area (Å²) in [6.45, 7) is 0.908. The van der Waals surface area contributed by atoms with Crippen LogP contribution in [-0.2, 0) is 19.1 Å². The van der Waals surface area contributed by atoms with Gasteiger partial charge in [0.1, 0.15) is 17.5 Å². The van der Waals surface area contributed by atoms with E-state index in [0.717, 1.165) is 12.8 Å². The maximum atomic E-state index is 12.2. The molecule has 7 heteroatoms. The van der Waals surface area contributed by atoms with Gasteiger partial charge in [-0.15, -0.1) is 0 Å². The third-order valence-corrected chi connectivity index (χ3v) is 3.03. The van der Waals surface area contributed by atoms with Crippen molar-refractivity contribution < 1.29 is 23.8 Å². The van der Waals surface area contributed by atoms with Gasteiger partial charge >= 0.3 is 5.97 Å². The van der Waals surface area contributed by atoms with Crippen LogP contribution in [0.5, 0.6) is 5.75 Å². The van der Waals surface area contributed by atoms with E-state index in [-0.39, 0.29) is 6.42 Å². The Hall–Kier alpha value is -2.15.